The number of para-hydroxylation sites is 1. The molecule has 0 bridgehead atoms. The zero-order valence-electron chi connectivity index (χ0n) is 10.6. The minimum Gasteiger partial charge on any atom is -0.492 e. The van der Waals surface area contributed by atoms with E-state index < -0.39 is 0 Å². The summed E-state index contributed by atoms with van der Waals surface area (Å²) >= 11 is 3.43. The minimum atomic E-state index is 0.0666. The molecule has 0 radical (unpaired) electrons. The maximum Gasteiger partial charge on any atom is 0.142 e. The van der Waals surface area contributed by atoms with E-state index in [0.717, 1.165) is 33.7 Å². The Balaban J connectivity index is 2.07. The maximum atomic E-state index is 5.95. The third-order valence-electron chi connectivity index (χ3n) is 3.31. The van der Waals surface area contributed by atoms with Gasteiger partial charge in [-0.05, 0) is 28.4 Å². The molecule has 1 atom stereocenters. The smallest absolute Gasteiger partial charge is 0.142 e. The Bertz CT molecular complexity index is 630. The largest absolute Gasteiger partial charge is 0.492 e. The Morgan fingerprint density at radius 3 is 2.95 bits per heavy atom. The summed E-state index contributed by atoms with van der Waals surface area (Å²) in [5.41, 5.74) is 8.01. The molecule has 0 fully saturated rings. The summed E-state index contributed by atoms with van der Waals surface area (Å²) in [6.07, 6.45) is 0.815. The van der Waals surface area contributed by atoms with Crippen LogP contribution in [-0.2, 0) is 6.42 Å². The summed E-state index contributed by atoms with van der Waals surface area (Å²) in [5.74, 6) is 2.21. The number of hydrogen-bond donors (Lipinski definition) is 1. The van der Waals surface area contributed by atoms with Crippen LogP contribution < -0.4 is 10.5 Å². The number of hydrogen-bond acceptors (Lipinski definition) is 4. The fourth-order valence-corrected chi connectivity index (χ4v) is 2.76. The number of nitrogens with zero attached hydrogens (tertiary/aromatic N) is 2. The third kappa shape index (κ3) is 2.08. The van der Waals surface area contributed by atoms with Gasteiger partial charge in [0.25, 0.3) is 0 Å². The lowest BCUT2D eigenvalue weighted by atomic mass is 10.0. The molecule has 2 heterocycles. The Morgan fingerprint density at radius 1 is 1.37 bits per heavy atom. The molecular weight excluding hydrogens is 306 g/mol. The van der Waals surface area contributed by atoms with Crippen molar-refractivity contribution in [3.05, 3.63) is 45.8 Å². The van der Waals surface area contributed by atoms with Gasteiger partial charge in [-0.25, -0.2) is 9.97 Å². The predicted molar refractivity (Wildman–Crippen MR) is 77.3 cm³/mol. The quantitative estimate of drug-likeness (QED) is 0.924. The van der Waals surface area contributed by atoms with E-state index in [4.69, 9.17) is 10.5 Å². The highest BCUT2D eigenvalue weighted by atomic mass is 79.9. The van der Waals surface area contributed by atoms with Crippen LogP contribution in [0.4, 0.5) is 5.82 Å². The second-order valence-corrected chi connectivity index (χ2v) is 5.28. The molecule has 19 heavy (non-hydrogen) atoms. The summed E-state index contributed by atoms with van der Waals surface area (Å²) < 4.78 is 6.47. The van der Waals surface area contributed by atoms with Crippen molar-refractivity contribution in [2.75, 3.05) is 12.3 Å². The van der Waals surface area contributed by atoms with Crippen molar-refractivity contribution in [1.29, 1.82) is 0 Å². The molecule has 0 saturated heterocycles. The van der Waals surface area contributed by atoms with Gasteiger partial charge in [-0.1, -0.05) is 25.1 Å². The molecule has 2 N–H and O–H groups in total. The van der Waals surface area contributed by atoms with Crippen LogP contribution in [0.1, 0.15) is 29.9 Å². The van der Waals surface area contributed by atoms with E-state index in [9.17, 15) is 0 Å². The van der Waals surface area contributed by atoms with Gasteiger partial charge >= 0.3 is 0 Å². The van der Waals surface area contributed by atoms with E-state index in [2.05, 4.69) is 38.9 Å². The van der Waals surface area contributed by atoms with Crippen molar-refractivity contribution in [2.45, 2.75) is 19.3 Å². The van der Waals surface area contributed by atoms with Crippen LogP contribution in [-0.4, -0.2) is 16.6 Å². The van der Waals surface area contributed by atoms with E-state index in [0.29, 0.717) is 12.4 Å². The highest BCUT2D eigenvalue weighted by molar-refractivity contribution is 9.10. The molecule has 1 aromatic carbocycles. The first-order valence-corrected chi connectivity index (χ1v) is 7.03. The highest BCUT2D eigenvalue weighted by Gasteiger charge is 2.28. The third-order valence-corrected chi connectivity index (χ3v) is 4.17. The van der Waals surface area contributed by atoms with Crippen LogP contribution >= 0.6 is 15.9 Å². The van der Waals surface area contributed by atoms with Gasteiger partial charge in [0, 0.05) is 5.56 Å². The molecule has 2 aromatic rings. The number of aryl methyl sites for hydroxylation is 1. The van der Waals surface area contributed by atoms with Gasteiger partial charge in [-0.2, -0.15) is 0 Å². The molecule has 0 saturated carbocycles. The van der Waals surface area contributed by atoms with Crippen molar-refractivity contribution in [3.8, 4) is 5.75 Å². The van der Waals surface area contributed by atoms with E-state index >= 15 is 0 Å². The van der Waals surface area contributed by atoms with Crippen molar-refractivity contribution < 1.29 is 4.74 Å². The summed E-state index contributed by atoms with van der Waals surface area (Å²) in [6.45, 7) is 2.62. The lowest BCUT2D eigenvalue weighted by molar-refractivity contribution is 0.339. The lowest BCUT2D eigenvalue weighted by Crippen LogP contribution is -2.11. The van der Waals surface area contributed by atoms with Gasteiger partial charge in [0.2, 0.25) is 0 Å². The Kier molecular flexibility index (Phi) is 3.14. The molecule has 1 unspecified atom stereocenters. The number of benzene rings is 1. The molecule has 0 spiro atoms. The highest BCUT2D eigenvalue weighted by Crippen LogP contribution is 2.37. The average molecular weight is 320 g/mol. The molecule has 1 aliphatic heterocycles. The maximum absolute atomic E-state index is 5.95. The molecule has 5 heteroatoms. The fraction of sp³-hybridized carbons (Fsp3) is 0.286. The van der Waals surface area contributed by atoms with Gasteiger partial charge in [0.15, 0.2) is 0 Å². The number of rotatable bonds is 2. The number of fused-ring (bicyclic) bond motifs is 1. The minimum absolute atomic E-state index is 0.0666. The van der Waals surface area contributed by atoms with Crippen molar-refractivity contribution in [1.82, 2.24) is 9.97 Å². The van der Waals surface area contributed by atoms with Gasteiger partial charge in [-0.15, -0.1) is 0 Å². The first-order valence-electron chi connectivity index (χ1n) is 6.24. The zero-order valence-corrected chi connectivity index (χ0v) is 12.1. The zero-order chi connectivity index (χ0) is 13.4. The molecule has 4 nitrogen and oxygen atoms in total. The summed E-state index contributed by atoms with van der Waals surface area (Å²) in [7, 11) is 0. The average Bonchev–Trinajstić information content (AvgIpc) is 2.85. The fourth-order valence-electron chi connectivity index (χ4n) is 2.30. The molecule has 1 aromatic heterocycles. The number of nitrogens with two attached hydrogens (primary N) is 1. The summed E-state index contributed by atoms with van der Waals surface area (Å²) in [4.78, 5) is 9.02. The topological polar surface area (TPSA) is 61.0 Å². The normalized spacial score (nSPS) is 17.1. The van der Waals surface area contributed by atoms with E-state index in [-0.39, 0.29) is 5.92 Å². The van der Waals surface area contributed by atoms with Gasteiger partial charge < -0.3 is 10.5 Å². The van der Waals surface area contributed by atoms with Crippen LogP contribution in [0.15, 0.2) is 28.7 Å². The lowest BCUT2D eigenvalue weighted by Gasteiger charge is -2.11. The molecule has 3 rings (SSSR count). The second-order valence-electron chi connectivity index (χ2n) is 4.48. The number of halogens is 1. The molecule has 1 aliphatic rings. The molecule has 0 amide bonds. The van der Waals surface area contributed by atoms with Crippen molar-refractivity contribution >= 4 is 21.7 Å². The number of anilines is 1. The van der Waals surface area contributed by atoms with E-state index in [1.165, 1.54) is 0 Å². The number of ether oxygens (including phenoxy) is 1. The predicted octanol–water partition coefficient (Wildman–Crippen LogP) is 2.91. The van der Waals surface area contributed by atoms with Crippen LogP contribution in [0.3, 0.4) is 0 Å². The number of aromatic nitrogens is 2. The SMILES string of the molecule is CCc1nc(C2COc3ccccc32)nc(N)c1Br. The second kappa shape index (κ2) is 4.81. The van der Waals surface area contributed by atoms with Gasteiger partial charge in [0.1, 0.15) is 24.0 Å². The first kappa shape index (κ1) is 12.4. The van der Waals surface area contributed by atoms with Crippen LogP contribution in [0.5, 0.6) is 5.75 Å². The molecule has 0 aliphatic carbocycles. The van der Waals surface area contributed by atoms with Crippen molar-refractivity contribution in [3.63, 3.8) is 0 Å². The Morgan fingerprint density at radius 2 is 2.16 bits per heavy atom. The standard InChI is InChI=1S/C14H14BrN3O/c1-2-10-12(15)13(16)18-14(17-10)9-7-19-11-6-4-3-5-8(9)11/h3-6,9H,2,7H2,1H3,(H2,16,17,18). The van der Waals surface area contributed by atoms with Crippen molar-refractivity contribution in [2.24, 2.45) is 0 Å². The Hall–Kier alpha value is -1.62. The first-order chi connectivity index (χ1) is 9.20. The van der Waals surface area contributed by atoms with E-state index in [1.807, 2.05) is 18.2 Å². The molecule has 98 valence electrons. The monoisotopic (exact) mass is 319 g/mol. The summed E-state index contributed by atoms with van der Waals surface area (Å²) in [6, 6.07) is 8.00. The van der Waals surface area contributed by atoms with Crippen LogP contribution in [0.25, 0.3) is 0 Å². The summed E-state index contributed by atoms with van der Waals surface area (Å²) in [5, 5.41) is 0. The van der Waals surface area contributed by atoms with Crippen LogP contribution in [0.2, 0.25) is 0 Å². The number of nitrogen functional groups attached to an aromatic ring is 1. The van der Waals surface area contributed by atoms with Gasteiger partial charge in [0.05, 0.1) is 16.1 Å². The Labute approximate surface area is 120 Å². The van der Waals surface area contributed by atoms with E-state index in [1.54, 1.807) is 0 Å². The van der Waals surface area contributed by atoms with Gasteiger partial charge in [-0.3, -0.25) is 0 Å². The van der Waals surface area contributed by atoms with Crippen LogP contribution in [0, 0.1) is 0 Å². The molecular formula is C14H14BrN3O.